The van der Waals surface area contributed by atoms with Crippen molar-refractivity contribution in [2.75, 3.05) is 11.9 Å². The predicted molar refractivity (Wildman–Crippen MR) is 109 cm³/mol. The molecular formula is C23H27NO4. The average Bonchev–Trinajstić information content (AvgIpc) is 2.73. The molecule has 28 heavy (non-hydrogen) atoms. The number of nitrogens with one attached hydrogen (secondary N) is 1. The molecule has 0 aliphatic heterocycles. The summed E-state index contributed by atoms with van der Waals surface area (Å²) >= 11 is 0. The highest BCUT2D eigenvalue weighted by molar-refractivity contribution is 5.93. The van der Waals surface area contributed by atoms with E-state index in [1.165, 1.54) is 6.42 Å². The van der Waals surface area contributed by atoms with Crippen molar-refractivity contribution in [3.05, 3.63) is 59.7 Å². The van der Waals surface area contributed by atoms with Crippen LogP contribution in [0.4, 0.5) is 5.69 Å². The summed E-state index contributed by atoms with van der Waals surface area (Å²) in [4.78, 5) is 24.4. The average molecular weight is 381 g/mol. The second-order valence-electron chi connectivity index (χ2n) is 7.04. The van der Waals surface area contributed by atoms with Gasteiger partial charge in [0.1, 0.15) is 11.9 Å². The Balaban J connectivity index is 1.49. The van der Waals surface area contributed by atoms with Gasteiger partial charge in [0, 0.05) is 5.69 Å². The summed E-state index contributed by atoms with van der Waals surface area (Å²) in [5.41, 5.74) is 2.18. The summed E-state index contributed by atoms with van der Waals surface area (Å²) in [6.45, 7) is 1.98. The van der Waals surface area contributed by atoms with Crippen LogP contribution in [-0.4, -0.2) is 24.6 Å². The van der Waals surface area contributed by atoms with Crippen LogP contribution in [0.3, 0.4) is 0 Å². The number of carbonyl (C=O) groups excluding carboxylic acids is 2. The number of benzene rings is 2. The molecule has 1 saturated carbocycles. The summed E-state index contributed by atoms with van der Waals surface area (Å²) in [5, 5.41) is 2.78. The van der Waals surface area contributed by atoms with E-state index in [1.807, 2.05) is 31.2 Å². The van der Waals surface area contributed by atoms with Gasteiger partial charge in [0.05, 0.1) is 5.56 Å². The number of hydrogen-bond donors (Lipinski definition) is 1. The van der Waals surface area contributed by atoms with Crippen molar-refractivity contribution in [3.8, 4) is 5.75 Å². The molecule has 1 fully saturated rings. The Bertz CT molecular complexity index is 795. The summed E-state index contributed by atoms with van der Waals surface area (Å²) in [5.74, 6) is 0.175. The Morgan fingerprint density at radius 1 is 1.00 bits per heavy atom. The highest BCUT2D eigenvalue weighted by atomic mass is 16.5. The van der Waals surface area contributed by atoms with Gasteiger partial charge in [0.15, 0.2) is 6.61 Å². The van der Waals surface area contributed by atoms with E-state index >= 15 is 0 Å². The van der Waals surface area contributed by atoms with Gasteiger partial charge in [-0.1, -0.05) is 31.5 Å². The molecule has 2 aromatic rings. The molecule has 0 atom stereocenters. The van der Waals surface area contributed by atoms with Crippen molar-refractivity contribution in [1.29, 1.82) is 0 Å². The van der Waals surface area contributed by atoms with E-state index in [1.54, 1.807) is 24.3 Å². The van der Waals surface area contributed by atoms with Crippen LogP contribution in [0.2, 0.25) is 0 Å². The second-order valence-corrected chi connectivity index (χ2v) is 7.04. The maximum absolute atomic E-state index is 12.2. The Kier molecular flexibility index (Phi) is 7.06. The Labute approximate surface area is 166 Å². The molecule has 5 heteroatoms. The summed E-state index contributed by atoms with van der Waals surface area (Å²) in [6, 6.07) is 14.4. The quantitative estimate of drug-likeness (QED) is 0.703. The largest absolute Gasteiger partial charge is 0.483 e. The number of ether oxygens (including phenoxy) is 2. The SMILES string of the molecule is CCc1ccccc1OCC(=O)Nc1ccc(C(=O)OC2CCCCC2)cc1. The number of rotatable bonds is 7. The first-order chi connectivity index (χ1) is 13.7. The molecule has 3 rings (SSSR count). The van der Waals surface area contributed by atoms with E-state index in [4.69, 9.17) is 9.47 Å². The molecule has 148 valence electrons. The molecular weight excluding hydrogens is 354 g/mol. The standard InChI is InChI=1S/C23H27NO4/c1-2-17-8-6-7-11-21(17)27-16-22(25)24-19-14-12-18(13-15-19)23(26)28-20-9-4-3-5-10-20/h6-8,11-15,20H,2-5,9-10,16H2,1H3,(H,24,25). The number of anilines is 1. The number of esters is 1. The van der Waals surface area contributed by atoms with Gasteiger partial charge in [-0.3, -0.25) is 4.79 Å². The molecule has 1 amide bonds. The number of amides is 1. The summed E-state index contributed by atoms with van der Waals surface area (Å²) in [6.07, 6.45) is 6.22. The number of para-hydroxylation sites is 1. The van der Waals surface area contributed by atoms with Gasteiger partial charge in [-0.25, -0.2) is 4.79 Å². The zero-order chi connectivity index (χ0) is 19.8. The predicted octanol–water partition coefficient (Wildman–Crippen LogP) is 4.76. The zero-order valence-electron chi connectivity index (χ0n) is 16.3. The minimum atomic E-state index is -0.302. The first-order valence-electron chi connectivity index (χ1n) is 9.97. The van der Waals surface area contributed by atoms with E-state index in [0.29, 0.717) is 11.3 Å². The fraction of sp³-hybridized carbons (Fsp3) is 0.391. The van der Waals surface area contributed by atoms with Crippen molar-refractivity contribution >= 4 is 17.6 Å². The van der Waals surface area contributed by atoms with Crippen LogP contribution in [0, 0.1) is 0 Å². The van der Waals surface area contributed by atoms with Gasteiger partial charge < -0.3 is 14.8 Å². The zero-order valence-corrected chi connectivity index (χ0v) is 16.3. The fourth-order valence-corrected chi connectivity index (χ4v) is 3.37. The molecule has 1 aliphatic rings. The molecule has 0 saturated heterocycles. The lowest BCUT2D eigenvalue weighted by Crippen LogP contribution is -2.21. The third-order valence-electron chi connectivity index (χ3n) is 4.94. The monoisotopic (exact) mass is 381 g/mol. The minimum absolute atomic E-state index is 0.0313. The third-order valence-corrected chi connectivity index (χ3v) is 4.94. The van der Waals surface area contributed by atoms with E-state index in [0.717, 1.165) is 43.4 Å². The van der Waals surface area contributed by atoms with E-state index in [2.05, 4.69) is 5.32 Å². The second kappa shape index (κ2) is 9.93. The Morgan fingerprint density at radius 3 is 2.43 bits per heavy atom. The van der Waals surface area contributed by atoms with Gasteiger partial charge in [-0.05, 0) is 68.0 Å². The van der Waals surface area contributed by atoms with Crippen LogP contribution in [0.1, 0.15) is 54.9 Å². The molecule has 0 unspecified atom stereocenters. The first kappa shape index (κ1) is 19.9. The van der Waals surface area contributed by atoms with Crippen LogP contribution in [0.15, 0.2) is 48.5 Å². The molecule has 2 aromatic carbocycles. The van der Waals surface area contributed by atoms with E-state index < -0.39 is 0 Å². The summed E-state index contributed by atoms with van der Waals surface area (Å²) in [7, 11) is 0. The van der Waals surface area contributed by atoms with Gasteiger partial charge in [-0.15, -0.1) is 0 Å². The van der Waals surface area contributed by atoms with Gasteiger partial charge in [0.2, 0.25) is 0 Å². The van der Waals surface area contributed by atoms with E-state index in [-0.39, 0.29) is 24.6 Å². The molecule has 1 aliphatic carbocycles. The lowest BCUT2D eigenvalue weighted by atomic mass is 9.98. The number of aryl methyl sites for hydroxylation is 1. The highest BCUT2D eigenvalue weighted by Crippen LogP contribution is 2.22. The highest BCUT2D eigenvalue weighted by Gasteiger charge is 2.18. The van der Waals surface area contributed by atoms with Crippen LogP contribution in [0.25, 0.3) is 0 Å². The molecule has 1 N–H and O–H groups in total. The molecule has 0 aromatic heterocycles. The van der Waals surface area contributed by atoms with Crippen molar-refractivity contribution in [1.82, 2.24) is 0 Å². The lowest BCUT2D eigenvalue weighted by Gasteiger charge is -2.21. The minimum Gasteiger partial charge on any atom is -0.483 e. The topological polar surface area (TPSA) is 64.6 Å². The number of hydrogen-bond acceptors (Lipinski definition) is 4. The van der Waals surface area contributed by atoms with Crippen LogP contribution >= 0.6 is 0 Å². The summed E-state index contributed by atoms with van der Waals surface area (Å²) < 4.78 is 11.2. The van der Waals surface area contributed by atoms with Crippen molar-refractivity contribution in [2.45, 2.75) is 51.6 Å². The molecule has 0 heterocycles. The van der Waals surface area contributed by atoms with Crippen molar-refractivity contribution < 1.29 is 19.1 Å². The van der Waals surface area contributed by atoms with Crippen LogP contribution in [0.5, 0.6) is 5.75 Å². The van der Waals surface area contributed by atoms with E-state index in [9.17, 15) is 9.59 Å². The van der Waals surface area contributed by atoms with Crippen molar-refractivity contribution in [3.63, 3.8) is 0 Å². The van der Waals surface area contributed by atoms with Gasteiger partial charge in [-0.2, -0.15) is 0 Å². The van der Waals surface area contributed by atoms with Gasteiger partial charge >= 0.3 is 5.97 Å². The lowest BCUT2D eigenvalue weighted by molar-refractivity contribution is -0.118. The van der Waals surface area contributed by atoms with Crippen LogP contribution in [-0.2, 0) is 16.0 Å². The first-order valence-corrected chi connectivity index (χ1v) is 9.97. The normalized spacial score (nSPS) is 14.3. The molecule has 0 spiro atoms. The molecule has 0 bridgehead atoms. The maximum Gasteiger partial charge on any atom is 0.338 e. The Morgan fingerprint density at radius 2 is 1.71 bits per heavy atom. The number of carbonyl (C=O) groups is 2. The van der Waals surface area contributed by atoms with Crippen molar-refractivity contribution in [2.24, 2.45) is 0 Å². The maximum atomic E-state index is 12.2. The van der Waals surface area contributed by atoms with Crippen LogP contribution < -0.4 is 10.1 Å². The Hall–Kier alpha value is -2.82. The molecule has 5 nitrogen and oxygen atoms in total. The molecule has 0 radical (unpaired) electrons. The van der Waals surface area contributed by atoms with Gasteiger partial charge in [0.25, 0.3) is 5.91 Å². The fourth-order valence-electron chi connectivity index (χ4n) is 3.37. The smallest absolute Gasteiger partial charge is 0.338 e. The third kappa shape index (κ3) is 5.59.